The van der Waals surface area contributed by atoms with E-state index in [4.69, 9.17) is 0 Å². The van der Waals surface area contributed by atoms with Crippen molar-refractivity contribution in [2.24, 2.45) is 4.99 Å². The highest BCUT2D eigenvalue weighted by Crippen LogP contribution is 1.86. The van der Waals surface area contributed by atoms with E-state index in [-0.39, 0.29) is 0 Å². The lowest BCUT2D eigenvalue weighted by atomic mass is 10.6. The van der Waals surface area contributed by atoms with Gasteiger partial charge in [-0.3, -0.25) is 4.99 Å². The summed E-state index contributed by atoms with van der Waals surface area (Å²) in [5.74, 6) is 0.822. The molecule has 0 spiro atoms. The Morgan fingerprint density at radius 1 is 1.56 bits per heavy atom. The molecule has 5 heteroatoms. The van der Waals surface area contributed by atoms with Gasteiger partial charge >= 0.3 is 0 Å². The summed E-state index contributed by atoms with van der Waals surface area (Å²) >= 11 is 0. The molecule has 0 saturated carbocycles. The van der Waals surface area contributed by atoms with E-state index in [0.29, 0.717) is 0 Å². The molecule has 16 heavy (non-hydrogen) atoms. The molecule has 0 amide bonds. The van der Waals surface area contributed by atoms with Gasteiger partial charge in [-0.15, -0.1) is 6.58 Å². The summed E-state index contributed by atoms with van der Waals surface area (Å²) in [6.07, 6.45) is 7.30. The van der Waals surface area contributed by atoms with Crippen molar-refractivity contribution in [2.75, 3.05) is 19.6 Å². The Hall–Kier alpha value is -1.78. The third-order valence-corrected chi connectivity index (χ3v) is 1.95. The molecule has 0 aromatic carbocycles. The summed E-state index contributed by atoms with van der Waals surface area (Å²) in [5, 5.41) is 6.31. The molecule has 0 bridgehead atoms. The molecular formula is C11H19N5. The first-order chi connectivity index (χ1) is 7.86. The second kappa shape index (κ2) is 7.50. The first kappa shape index (κ1) is 12.3. The van der Waals surface area contributed by atoms with E-state index >= 15 is 0 Å². The molecule has 0 fully saturated rings. The molecular weight excluding hydrogens is 202 g/mol. The van der Waals surface area contributed by atoms with Crippen LogP contribution in [0.5, 0.6) is 0 Å². The minimum Gasteiger partial charge on any atom is -0.357 e. The number of hydrogen-bond acceptors (Lipinski definition) is 2. The first-order valence-corrected chi connectivity index (χ1v) is 5.45. The van der Waals surface area contributed by atoms with E-state index in [1.807, 2.05) is 23.8 Å². The number of nitrogens with zero attached hydrogens (tertiary/aromatic N) is 3. The number of nitrogens with one attached hydrogen (secondary N) is 2. The normalized spacial score (nSPS) is 11.2. The number of hydrogen-bond donors (Lipinski definition) is 2. The number of imidazole rings is 1. The minimum atomic E-state index is 0.719. The van der Waals surface area contributed by atoms with Gasteiger partial charge in [0, 0.05) is 32.0 Å². The van der Waals surface area contributed by atoms with Gasteiger partial charge in [0.2, 0.25) is 0 Å². The molecule has 1 rings (SSSR count). The topological polar surface area (TPSA) is 54.2 Å². The minimum absolute atomic E-state index is 0.719. The van der Waals surface area contributed by atoms with Crippen LogP contribution < -0.4 is 10.6 Å². The Balaban J connectivity index is 2.34. The molecule has 0 atom stereocenters. The van der Waals surface area contributed by atoms with Gasteiger partial charge in [-0.2, -0.15) is 0 Å². The Morgan fingerprint density at radius 2 is 2.44 bits per heavy atom. The largest absolute Gasteiger partial charge is 0.357 e. The van der Waals surface area contributed by atoms with Crippen LogP contribution in [0.25, 0.3) is 0 Å². The highest BCUT2D eigenvalue weighted by molar-refractivity contribution is 5.79. The van der Waals surface area contributed by atoms with E-state index in [1.54, 1.807) is 12.5 Å². The molecule has 1 aromatic heterocycles. The molecule has 1 aromatic rings. The number of rotatable bonds is 6. The SMILES string of the molecule is C=CCNC(=NCCn1ccnc1)NCC. The average Bonchev–Trinajstić information content (AvgIpc) is 2.79. The molecule has 0 radical (unpaired) electrons. The summed E-state index contributed by atoms with van der Waals surface area (Å²) in [4.78, 5) is 8.40. The zero-order valence-corrected chi connectivity index (χ0v) is 9.69. The fraction of sp³-hybridized carbons (Fsp3) is 0.455. The van der Waals surface area contributed by atoms with Crippen LogP contribution in [0.2, 0.25) is 0 Å². The molecule has 0 aliphatic carbocycles. The van der Waals surface area contributed by atoms with Crippen LogP contribution in [0.1, 0.15) is 6.92 Å². The average molecular weight is 221 g/mol. The summed E-state index contributed by atoms with van der Waals surface area (Å²) < 4.78 is 2.00. The zero-order valence-electron chi connectivity index (χ0n) is 9.69. The fourth-order valence-corrected chi connectivity index (χ4v) is 1.21. The number of aliphatic imine (C=N–C) groups is 1. The van der Waals surface area contributed by atoms with Crippen molar-refractivity contribution in [3.05, 3.63) is 31.4 Å². The van der Waals surface area contributed by atoms with E-state index < -0.39 is 0 Å². The predicted octanol–water partition coefficient (Wildman–Crippen LogP) is 0.624. The van der Waals surface area contributed by atoms with Gasteiger partial charge in [-0.05, 0) is 6.92 Å². The highest BCUT2D eigenvalue weighted by atomic mass is 15.2. The van der Waals surface area contributed by atoms with Gasteiger partial charge in [-0.1, -0.05) is 6.08 Å². The van der Waals surface area contributed by atoms with Crippen LogP contribution in [0.3, 0.4) is 0 Å². The van der Waals surface area contributed by atoms with Gasteiger partial charge in [0.05, 0.1) is 12.9 Å². The Labute approximate surface area is 96.3 Å². The summed E-state index contributed by atoms with van der Waals surface area (Å²) in [6.45, 7) is 8.84. The second-order valence-corrected chi connectivity index (χ2v) is 3.23. The smallest absolute Gasteiger partial charge is 0.191 e. The lowest BCUT2D eigenvalue weighted by Gasteiger charge is -2.09. The van der Waals surface area contributed by atoms with E-state index in [0.717, 1.165) is 32.1 Å². The third-order valence-electron chi connectivity index (χ3n) is 1.95. The molecule has 0 saturated heterocycles. The van der Waals surface area contributed by atoms with Crippen LogP contribution >= 0.6 is 0 Å². The van der Waals surface area contributed by atoms with Crippen LogP contribution in [-0.2, 0) is 6.54 Å². The number of aromatic nitrogens is 2. The van der Waals surface area contributed by atoms with Crippen molar-refractivity contribution in [1.82, 2.24) is 20.2 Å². The van der Waals surface area contributed by atoms with Crippen LogP contribution in [0.15, 0.2) is 36.4 Å². The van der Waals surface area contributed by atoms with Gasteiger partial charge in [0.15, 0.2) is 5.96 Å². The molecule has 0 aliphatic rings. The van der Waals surface area contributed by atoms with Crippen molar-refractivity contribution in [2.45, 2.75) is 13.5 Å². The summed E-state index contributed by atoms with van der Waals surface area (Å²) in [6, 6.07) is 0. The maximum absolute atomic E-state index is 4.42. The maximum atomic E-state index is 4.42. The lowest BCUT2D eigenvalue weighted by molar-refractivity contribution is 0.701. The molecule has 88 valence electrons. The van der Waals surface area contributed by atoms with Crippen LogP contribution in [0.4, 0.5) is 0 Å². The van der Waals surface area contributed by atoms with Crippen molar-refractivity contribution < 1.29 is 0 Å². The highest BCUT2D eigenvalue weighted by Gasteiger charge is 1.94. The van der Waals surface area contributed by atoms with E-state index in [2.05, 4.69) is 27.2 Å². The van der Waals surface area contributed by atoms with Gasteiger partial charge < -0.3 is 15.2 Å². The van der Waals surface area contributed by atoms with Crippen molar-refractivity contribution in [3.63, 3.8) is 0 Å². The summed E-state index contributed by atoms with van der Waals surface area (Å²) in [7, 11) is 0. The monoisotopic (exact) mass is 221 g/mol. The summed E-state index contributed by atoms with van der Waals surface area (Å²) in [5.41, 5.74) is 0. The molecule has 0 unspecified atom stereocenters. The van der Waals surface area contributed by atoms with Crippen LogP contribution in [0, 0.1) is 0 Å². The van der Waals surface area contributed by atoms with Gasteiger partial charge in [0.25, 0.3) is 0 Å². The molecule has 5 nitrogen and oxygen atoms in total. The van der Waals surface area contributed by atoms with Gasteiger partial charge in [-0.25, -0.2) is 4.98 Å². The Kier molecular flexibility index (Phi) is 5.76. The van der Waals surface area contributed by atoms with Gasteiger partial charge in [0.1, 0.15) is 0 Å². The van der Waals surface area contributed by atoms with Crippen LogP contribution in [-0.4, -0.2) is 35.1 Å². The third kappa shape index (κ3) is 4.63. The predicted molar refractivity (Wildman–Crippen MR) is 66.4 cm³/mol. The fourth-order valence-electron chi connectivity index (χ4n) is 1.21. The quantitative estimate of drug-likeness (QED) is 0.421. The molecule has 2 N–H and O–H groups in total. The molecule has 1 heterocycles. The van der Waals surface area contributed by atoms with E-state index in [1.165, 1.54) is 0 Å². The van der Waals surface area contributed by atoms with Crippen molar-refractivity contribution >= 4 is 5.96 Å². The lowest BCUT2D eigenvalue weighted by Crippen LogP contribution is -2.37. The standard InChI is InChI=1S/C11H19N5/c1-3-5-14-11(13-4-2)15-7-9-16-8-6-12-10-16/h3,6,8,10H,1,4-5,7,9H2,2H3,(H2,13,14,15). The number of guanidine groups is 1. The molecule has 0 aliphatic heterocycles. The van der Waals surface area contributed by atoms with E-state index in [9.17, 15) is 0 Å². The van der Waals surface area contributed by atoms with Crippen molar-refractivity contribution in [1.29, 1.82) is 0 Å². The zero-order chi connectivity index (χ0) is 11.6. The Morgan fingerprint density at radius 3 is 3.06 bits per heavy atom. The maximum Gasteiger partial charge on any atom is 0.191 e. The Bertz CT molecular complexity index is 315. The van der Waals surface area contributed by atoms with Crippen molar-refractivity contribution in [3.8, 4) is 0 Å². The first-order valence-electron chi connectivity index (χ1n) is 5.45. The second-order valence-electron chi connectivity index (χ2n) is 3.23.